The van der Waals surface area contributed by atoms with Crippen molar-refractivity contribution in [2.24, 2.45) is 0 Å². The Balaban J connectivity index is 1.42. The molecule has 10 heteroatoms. The SMILES string of the molecule is CCn1c(C2CCN(C(=O)c3ccc(-c4nn[nH]n4)cc3)CC2)n[nH]c1=O. The molecule has 0 unspecified atom stereocenters. The normalized spacial score (nSPS) is 15.2. The molecule has 3 heterocycles. The number of tetrazole rings is 1. The number of nitrogens with one attached hydrogen (secondary N) is 2. The molecular weight excluding hydrogens is 348 g/mol. The fourth-order valence-corrected chi connectivity index (χ4v) is 3.52. The van der Waals surface area contributed by atoms with Crippen LogP contribution in [0.2, 0.25) is 0 Å². The molecule has 0 aliphatic carbocycles. The third-order valence-corrected chi connectivity index (χ3v) is 4.99. The first kappa shape index (κ1) is 17.1. The average Bonchev–Trinajstić information content (AvgIpc) is 3.37. The van der Waals surface area contributed by atoms with Gasteiger partial charge in [0.1, 0.15) is 5.82 Å². The Hall–Kier alpha value is -3.30. The van der Waals surface area contributed by atoms with E-state index in [1.165, 1.54) is 0 Å². The smallest absolute Gasteiger partial charge is 0.339 e. The van der Waals surface area contributed by atoms with Gasteiger partial charge in [-0.25, -0.2) is 9.89 Å². The molecule has 1 aromatic carbocycles. The van der Waals surface area contributed by atoms with Gasteiger partial charge in [-0.15, -0.1) is 10.2 Å². The topological polar surface area (TPSA) is 125 Å². The summed E-state index contributed by atoms with van der Waals surface area (Å²) < 4.78 is 1.67. The number of carbonyl (C=O) groups is 1. The van der Waals surface area contributed by atoms with Crippen molar-refractivity contribution >= 4 is 5.91 Å². The van der Waals surface area contributed by atoms with Crippen molar-refractivity contribution in [3.05, 3.63) is 46.1 Å². The number of likely N-dealkylation sites (tertiary alicyclic amines) is 1. The molecule has 1 saturated heterocycles. The standard InChI is InChI=1S/C17H20N8O2/c1-2-25-15(20-21-17(25)27)12-7-9-24(10-8-12)16(26)13-5-3-11(4-6-13)14-18-22-23-19-14/h3-6,12H,2,7-10H2,1H3,(H,21,27)(H,18,19,22,23). The molecule has 4 rings (SSSR count). The maximum atomic E-state index is 12.8. The molecule has 0 atom stereocenters. The molecule has 140 valence electrons. The number of benzene rings is 1. The maximum Gasteiger partial charge on any atom is 0.343 e. The van der Waals surface area contributed by atoms with Crippen LogP contribution in [0.4, 0.5) is 0 Å². The second kappa shape index (κ2) is 7.14. The van der Waals surface area contributed by atoms with Gasteiger partial charge in [-0.1, -0.05) is 12.1 Å². The molecule has 1 aliphatic rings. The number of rotatable bonds is 4. The predicted molar refractivity (Wildman–Crippen MR) is 96.0 cm³/mol. The monoisotopic (exact) mass is 368 g/mol. The molecule has 1 amide bonds. The summed E-state index contributed by atoms with van der Waals surface area (Å²) in [6.45, 7) is 3.80. The highest BCUT2D eigenvalue weighted by atomic mass is 16.2. The number of piperidine rings is 1. The Morgan fingerprint density at radius 2 is 1.93 bits per heavy atom. The van der Waals surface area contributed by atoms with E-state index >= 15 is 0 Å². The molecule has 2 aromatic heterocycles. The van der Waals surface area contributed by atoms with Crippen LogP contribution in [0.15, 0.2) is 29.1 Å². The van der Waals surface area contributed by atoms with Gasteiger partial charge in [0, 0.05) is 36.7 Å². The lowest BCUT2D eigenvalue weighted by atomic mass is 9.95. The van der Waals surface area contributed by atoms with Crippen LogP contribution < -0.4 is 5.69 Å². The van der Waals surface area contributed by atoms with Crippen molar-refractivity contribution in [1.29, 1.82) is 0 Å². The zero-order chi connectivity index (χ0) is 18.8. The molecule has 27 heavy (non-hydrogen) atoms. The van der Waals surface area contributed by atoms with Crippen LogP contribution in [-0.4, -0.2) is 59.3 Å². The second-order valence-electron chi connectivity index (χ2n) is 6.51. The summed E-state index contributed by atoms with van der Waals surface area (Å²) in [6.07, 6.45) is 1.58. The number of hydrogen-bond acceptors (Lipinski definition) is 6. The molecule has 3 aromatic rings. The zero-order valence-electron chi connectivity index (χ0n) is 14.9. The first-order valence-corrected chi connectivity index (χ1v) is 8.95. The summed E-state index contributed by atoms with van der Waals surface area (Å²) in [6, 6.07) is 7.19. The molecule has 0 saturated carbocycles. The predicted octanol–water partition coefficient (Wildman–Crippen LogP) is 0.791. The van der Waals surface area contributed by atoms with E-state index < -0.39 is 0 Å². The van der Waals surface area contributed by atoms with Crippen molar-refractivity contribution in [3.8, 4) is 11.4 Å². The third kappa shape index (κ3) is 3.25. The van der Waals surface area contributed by atoms with E-state index in [1.807, 2.05) is 24.0 Å². The van der Waals surface area contributed by atoms with Crippen LogP contribution in [-0.2, 0) is 6.54 Å². The van der Waals surface area contributed by atoms with Gasteiger partial charge in [-0.05, 0) is 37.1 Å². The van der Waals surface area contributed by atoms with Gasteiger partial charge < -0.3 is 4.90 Å². The van der Waals surface area contributed by atoms with Crippen molar-refractivity contribution in [2.45, 2.75) is 32.2 Å². The summed E-state index contributed by atoms with van der Waals surface area (Å²) in [4.78, 5) is 26.4. The number of nitrogens with zero attached hydrogens (tertiary/aromatic N) is 6. The number of amides is 1. The minimum atomic E-state index is -0.173. The highest BCUT2D eigenvalue weighted by Gasteiger charge is 2.27. The largest absolute Gasteiger partial charge is 0.343 e. The first-order valence-electron chi connectivity index (χ1n) is 8.95. The molecule has 0 spiro atoms. The lowest BCUT2D eigenvalue weighted by Gasteiger charge is -2.31. The summed E-state index contributed by atoms with van der Waals surface area (Å²) in [5, 5.41) is 20.5. The van der Waals surface area contributed by atoms with E-state index in [4.69, 9.17) is 0 Å². The fourth-order valence-electron chi connectivity index (χ4n) is 3.52. The Morgan fingerprint density at radius 1 is 1.19 bits per heavy atom. The van der Waals surface area contributed by atoms with E-state index in [-0.39, 0.29) is 17.5 Å². The van der Waals surface area contributed by atoms with E-state index in [2.05, 4.69) is 30.8 Å². The van der Waals surface area contributed by atoms with Crippen LogP contribution in [0.1, 0.15) is 41.9 Å². The molecule has 0 radical (unpaired) electrons. The molecule has 2 N–H and O–H groups in total. The summed E-state index contributed by atoms with van der Waals surface area (Å²) >= 11 is 0. The van der Waals surface area contributed by atoms with E-state index in [0.29, 0.717) is 31.0 Å². The van der Waals surface area contributed by atoms with Crippen molar-refractivity contribution in [1.82, 2.24) is 40.3 Å². The number of H-pyrrole nitrogens is 2. The van der Waals surface area contributed by atoms with Crippen LogP contribution >= 0.6 is 0 Å². The van der Waals surface area contributed by atoms with E-state index in [9.17, 15) is 9.59 Å². The lowest BCUT2D eigenvalue weighted by molar-refractivity contribution is 0.0710. The number of aromatic amines is 2. The molecular formula is C17H20N8O2. The van der Waals surface area contributed by atoms with E-state index in [1.54, 1.807) is 16.7 Å². The summed E-state index contributed by atoms with van der Waals surface area (Å²) in [7, 11) is 0. The highest BCUT2D eigenvalue weighted by molar-refractivity contribution is 5.94. The molecule has 0 bridgehead atoms. The number of aromatic nitrogens is 7. The van der Waals surface area contributed by atoms with Gasteiger partial charge in [-0.2, -0.15) is 10.3 Å². The zero-order valence-corrected chi connectivity index (χ0v) is 14.9. The van der Waals surface area contributed by atoms with E-state index in [0.717, 1.165) is 24.2 Å². The van der Waals surface area contributed by atoms with Crippen molar-refractivity contribution in [2.75, 3.05) is 13.1 Å². The minimum Gasteiger partial charge on any atom is -0.339 e. The maximum absolute atomic E-state index is 12.8. The Labute approximate surface area is 154 Å². The Bertz CT molecular complexity index is 965. The van der Waals surface area contributed by atoms with Crippen LogP contribution in [0.25, 0.3) is 11.4 Å². The molecule has 1 aliphatic heterocycles. The van der Waals surface area contributed by atoms with Gasteiger partial charge in [0.05, 0.1) is 0 Å². The highest BCUT2D eigenvalue weighted by Crippen LogP contribution is 2.27. The van der Waals surface area contributed by atoms with Crippen molar-refractivity contribution < 1.29 is 4.79 Å². The number of carbonyl (C=O) groups excluding carboxylic acids is 1. The first-order chi connectivity index (χ1) is 13.2. The fraction of sp³-hybridized carbons (Fsp3) is 0.412. The van der Waals surface area contributed by atoms with Crippen LogP contribution in [0.5, 0.6) is 0 Å². The van der Waals surface area contributed by atoms with Crippen LogP contribution in [0, 0.1) is 0 Å². The second-order valence-corrected chi connectivity index (χ2v) is 6.51. The van der Waals surface area contributed by atoms with Gasteiger partial charge >= 0.3 is 5.69 Å². The summed E-state index contributed by atoms with van der Waals surface area (Å²) in [5.41, 5.74) is 1.26. The van der Waals surface area contributed by atoms with Gasteiger partial charge in [0.2, 0.25) is 5.82 Å². The number of hydrogen-bond donors (Lipinski definition) is 2. The van der Waals surface area contributed by atoms with Gasteiger partial charge in [-0.3, -0.25) is 9.36 Å². The van der Waals surface area contributed by atoms with Gasteiger partial charge in [0.25, 0.3) is 5.91 Å². The van der Waals surface area contributed by atoms with Gasteiger partial charge in [0.15, 0.2) is 0 Å². The summed E-state index contributed by atoms with van der Waals surface area (Å²) in [5.74, 6) is 1.48. The van der Waals surface area contributed by atoms with Crippen molar-refractivity contribution in [3.63, 3.8) is 0 Å². The third-order valence-electron chi connectivity index (χ3n) is 4.99. The Morgan fingerprint density at radius 3 is 2.56 bits per heavy atom. The quantitative estimate of drug-likeness (QED) is 0.701. The minimum absolute atomic E-state index is 0.00280. The van der Waals surface area contributed by atoms with Crippen LogP contribution in [0.3, 0.4) is 0 Å². The average molecular weight is 368 g/mol. The lowest BCUT2D eigenvalue weighted by Crippen LogP contribution is -2.38. The molecule has 10 nitrogen and oxygen atoms in total. The molecule has 1 fully saturated rings. The Kier molecular flexibility index (Phi) is 4.53.